The first kappa shape index (κ1) is 20.2. The summed E-state index contributed by atoms with van der Waals surface area (Å²) in [4.78, 5) is 35.4. The van der Waals surface area contributed by atoms with Gasteiger partial charge < -0.3 is 20.1 Å². The van der Waals surface area contributed by atoms with Crippen LogP contribution in [0.3, 0.4) is 0 Å². The summed E-state index contributed by atoms with van der Waals surface area (Å²) in [5.41, 5.74) is 0. The van der Waals surface area contributed by atoms with E-state index < -0.39 is 30.1 Å². The average Bonchev–Trinajstić information content (AvgIpc) is 2.47. The number of esters is 1. The van der Waals surface area contributed by atoms with Crippen molar-refractivity contribution in [3.05, 3.63) is 0 Å². The molecule has 0 aliphatic carbocycles. The maximum atomic E-state index is 12.1. The van der Waals surface area contributed by atoms with E-state index in [-0.39, 0.29) is 12.5 Å². The molecule has 0 saturated carbocycles. The normalized spacial score (nSPS) is 13.2. The van der Waals surface area contributed by atoms with Crippen molar-refractivity contribution < 1.29 is 23.9 Å². The summed E-state index contributed by atoms with van der Waals surface area (Å²) >= 11 is 0. The zero-order valence-corrected chi connectivity index (χ0v) is 14.1. The van der Waals surface area contributed by atoms with Crippen LogP contribution in [0.1, 0.15) is 47.5 Å². The van der Waals surface area contributed by atoms with E-state index in [1.807, 2.05) is 27.7 Å². The Bertz CT molecular complexity index is 371. The van der Waals surface area contributed by atoms with Crippen LogP contribution >= 0.6 is 0 Å². The maximum Gasteiger partial charge on any atom is 0.407 e. The Morgan fingerprint density at radius 2 is 1.45 bits per heavy atom. The maximum absolute atomic E-state index is 12.1. The van der Waals surface area contributed by atoms with Crippen molar-refractivity contribution in [2.75, 3.05) is 13.2 Å². The SMILES string of the molecule is CCCOC(=O)NC(C)C(=O)NC(C(=O)OCCC)C(C)C. The van der Waals surface area contributed by atoms with Crippen LogP contribution < -0.4 is 10.6 Å². The van der Waals surface area contributed by atoms with Gasteiger partial charge in [0.25, 0.3) is 0 Å². The highest BCUT2D eigenvalue weighted by Gasteiger charge is 2.28. The predicted molar refractivity (Wildman–Crippen MR) is 82.3 cm³/mol. The molecule has 0 radical (unpaired) electrons. The van der Waals surface area contributed by atoms with Crippen molar-refractivity contribution in [2.45, 2.75) is 59.5 Å². The number of alkyl carbamates (subject to hydrolysis) is 1. The minimum atomic E-state index is -0.801. The van der Waals surface area contributed by atoms with E-state index in [4.69, 9.17) is 9.47 Å². The zero-order valence-electron chi connectivity index (χ0n) is 14.1. The summed E-state index contributed by atoms with van der Waals surface area (Å²) < 4.78 is 9.91. The predicted octanol–water partition coefficient (Wildman–Crippen LogP) is 1.61. The quantitative estimate of drug-likeness (QED) is 0.630. The second-order valence-corrected chi connectivity index (χ2v) is 5.40. The molecule has 0 rings (SSSR count). The van der Waals surface area contributed by atoms with E-state index in [0.717, 1.165) is 0 Å². The molecule has 0 spiro atoms. The first-order chi connectivity index (χ1) is 10.3. The van der Waals surface area contributed by atoms with Gasteiger partial charge in [-0.15, -0.1) is 0 Å². The highest BCUT2D eigenvalue weighted by atomic mass is 16.5. The summed E-state index contributed by atoms with van der Waals surface area (Å²) in [6.45, 7) is 9.52. The highest BCUT2D eigenvalue weighted by Crippen LogP contribution is 2.05. The highest BCUT2D eigenvalue weighted by molar-refractivity contribution is 5.89. The molecule has 0 fully saturated rings. The Labute approximate surface area is 132 Å². The molecule has 7 heteroatoms. The van der Waals surface area contributed by atoms with Gasteiger partial charge >= 0.3 is 12.1 Å². The van der Waals surface area contributed by atoms with Crippen LogP contribution in [-0.4, -0.2) is 43.3 Å². The fourth-order valence-corrected chi connectivity index (χ4v) is 1.55. The van der Waals surface area contributed by atoms with E-state index in [9.17, 15) is 14.4 Å². The molecule has 0 aliphatic heterocycles. The molecule has 0 heterocycles. The van der Waals surface area contributed by atoms with Crippen LogP contribution in [0.2, 0.25) is 0 Å². The zero-order chi connectivity index (χ0) is 17.1. The Balaban J connectivity index is 4.49. The standard InChI is InChI=1S/C15H28N2O5/c1-6-8-21-14(19)12(10(3)4)17-13(18)11(5)16-15(20)22-9-7-2/h10-12H,6-9H2,1-5H3,(H,16,20)(H,17,18). The molecule has 0 saturated heterocycles. The van der Waals surface area contributed by atoms with Crippen LogP contribution in [0, 0.1) is 5.92 Å². The average molecular weight is 316 g/mol. The van der Waals surface area contributed by atoms with E-state index in [0.29, 0.717) is 19.4 Å². The number of rotatable bonds is 9. The Morgan fingerprint density at radius 1 is 0.909 bits per heavy atom. The summed E-state index contributed by atoms with van der Waals surface area (Å²) in [6.07, 6.45) is 0.762. The minimum Gasteiger partial charge on any atom is -0.464 e. The minimum absolute atomic E-state index is 0.118. The molecular weight excluding hydrogens is 288 g/mol. The monoisotopic (exact) mass is 316 g/mol. The lowest BCUT2D eigenvalue weighted by Crippen LogP contribution is -2.52. The number of nitrogens with one attached hydrogen (secondary N) is 2. The van der Waals surface area contributed by atoms with Gasteiger partial charge in [0.05, 0.1) is 13.2 Å². The molecule has 2 unspecified atom stereocenters. The molecule has 0 aromatic carbocycles. The molecule has 128 valence electrons. The summed E-state index contributed by atoms with van der Waals surface area (Å²) in [6, 6.07) is -1.54. The number of hydrogen-bond donors (Lipinski definition) is 2. The van der Waals surface area contributed by atoms with Crippen LogP contribution in [0.5, 0.6) is 0 Å². The Kier molecular flexibility index (Phi) is 9.98. The first-order valence-corrected chi connectivity index (χ1v) is 7.73. The fourth-order valence-electron chi connectivity index (χ4n) is 1.55. The molecule has 0 aliphatic rings. The van der Waals surface area contributed by atoms with Gasteiger partial charge in [-0.25, -0.2) is 9.59 Å². The third kappa shape index (κ3) is 7.85. The third-order valence-corrected chi connectivity index (χ3v) is 2.83. The third-order valence-electron chi connectivity index (χ3n) is 2.83. The number of amides is 2. The van der Waals surface area contributed by atoms with Crippen molar-refractivity contribution in [2.24, 2.45) is 5.92 Å². The van der Waals surface area contributed by atoms with E-state index in [1.165, 1.54) is 6.92 Å². The van der Waals surface area contributed by atoms with Gasteiger partial charge in [-0.1, -0.05) is 27.7 Å². The molecule has 2 amide bonds. The summed E-state index contributed by atoms with van der Waals surface area (Å²) in [5, 5.41) is 5.02. The molecular formula is C15H28N2O5. The number of ether oxygens (including phenoxy) is 2. The van der Waals surface area contributed by atoms with Crippen LogP contribution in [0.25, 0.3) is 0 Å². The first-order valence-electron chi connectivity index (χ1n) is 7.73. The smallest absolute Gasteiger partial charge is 0.407 e. The Morgan fingerprint density at radius 3 is 1.95 bits per heavy atom. The van der Waals surface area contributed by atoms with Gasteiger partial charge in [-0.05, 0) is 25.7 Å². The summed E-state index contributed by atoms with van der Waals surface area (Å²) in [7, 11) is 0. The van der Waals surface area contributed by atoms with Gasteiger partial charge in [0.2, 0.25) is 5.91 Å². The molecule has 0 aromatic heterocycles. The second kappa shape index (κ2) is 10.9. The van der Waals surface area contributed by atoms with Crippen molar-refractivity contribution >= 4 is 18.0 Å². The van der Waals surface area contributed by atoms with Crippen molar-refractivity contribution in [3.63, 3.8) is 0 Å². The molecule has 0 bridgehead atoms. The molecule has 2 atom stereocenters. The number of carbonyl (C=O) groups excluding carboxylic acids is 3. The molecule has 22 heavy (non-hydrogen) atoms. The van der Waals surface area contributed by atoms with Gasteiger partial charge in [-0.3, -0.25) is 4.79 Å². The van der Waals surface area contributed by atoms with Crippen molar-refractivity contribution in [1.29, 1.82) is 0 Å². The molecule has 2 N–H and O–H groups in total. The second-order valence-electron chi connectivity index (χ2n) is 5.40. The fraction of sp³-hybridized carbons (Fsp3) is 0.800. The lowest BCUT2D eigenvalue weighted by molar-refractivity contribution is -0.149. The largest absolute Gasteiger partial charge is 0.464 e. The molecule has 7 nitrogen and oxygen atoms in total. The topological polar surface area (TPSA) is 93.7 Å². The van der Waals surface area contributed by atoms with Gasteiger partial charge in [-0.2, -0.15) is 0 Å². The van der Waals surface area contributed by atoms with Crippen molar-refractivity contribution in [1.82, 2.24) is 10.6 Å². The number of hydrogen-bond acceptors (Lipinski definition) is 5. The van der Waals surface area contributed by atoms with Crippen molar-refractivity contribution in [3.8, 4) is 0 Å². The Hall–Kier alpha value is -1.79. The van der Waals surface area contributed by atoms with Gasteiger partial charge in [0.1, 0.15) is 12.1 Å². The van der Waals surface area contributed by atoms with Crippen LogP contribution in [-0.2, 0) is 19.1 Å². The summed E-state index contributed by atoms with van der Waals surface area (Å²) in [5.74, 6) is -1.04. The van der Waals surface area contributed by atoms with E-state index in [1.54, 1.807) is 0 Å². The number of carbonyl (C=O) groups is 3. The van der Waals surface area contributed by atoms with E-state index in [2.05, 4.69) is 10.6 Å². The lowest BCUT2D eigenvalue weighted by atomic mass is 10.0. The molecule has 0 aromatic rings. The van der Waals surface area contributed by atoms with E-state index >= 15 is 0 Å². The van der Waals surface area contributed by atoms with Gasteiger partial charge in [0.15, 0.2) is 0 Å². The van der Waals surface area contributed by atoms with Gasteiger partial charge in [0, 0.05) is 0 Å². The lowest BCUT2D eigenvalue weighted by Gasteiger charge is -2.23. The van der Waals surface area contributed by atoms with Crippen LogP contribution in [0.15, 0.2) is 0 Å². The van der Waals surface area contributed by atoms with Crippen LogP contribution in [0.4, 0.5) is 4.79 Å².